The Morgan fingerprint density at radius 3 is 2.53 bits per heavy atom. The van der Waals surface area contributed by atoms with Gasteiger partial charge in [-0.05, 0) is 25.0 Å². The maximum Gasteiger partial charge on any atom is 0.252 e. The molecule has 106 valence electrons. The van der Waals surface area contributed by atoms with Crippen molar-refractivity contribution in [2.75, 3.05) is 6.54 Å². The average Bonchev–Trinajstić information content (AvgIpc) is 2.35. The molecule has 0 aliphatic heterocycles. The van der Waals surface area contributed by atoms with Crippen molar-refractivity contribution in [1.29, 1.82) is 0 Å². The van der Waals surface area contributed by atoms with Gasteiger partial charge in [-0.3, -0.25) is 9.78 Å². The summed E-state index contributed by atoms with van der Waals surface area (Å²) < 4.78 is 0. The zero-order chi connectivity index (χ0) is 14.6. The molecule has 2 N–H and O–H groups in total. The Hall–Kier alpha value is -1.42. The number of aromatic nitrogens is 1. The lowest BCUT2D eigenvalue weighted by atomic mass is 9.80. The molecule has 0 aliphatic rings. The van der Waals surface area contributed by atoms with Gasteiger partial charge in [-0.2, -0.15) is 0 Å². The second kappa shape index (κ2) is 6.15. The first-order valence-corrected chi connectivity index (χ1v) is 6.63. The first-order chi connectivity index (χ1) is 8.74. The molecule has 1 atom stereocenters. The molecule has 1 aromatic heterocycles. The summed E-state index contributed by atoms with van der Waals surface area (Å²) in [5.74, 6) is 0.00414. The lowest BCUT2D eigenvalue weighted by Crippen LogP contribution is -2.43. The van der Waals surface area contributed by atoms with Crippen LogP contribution in [0.4, 0.5) is 0 Å². The van der Waals surface area contributed by atoms with Crippen LogP contribution in [0, 0.1) is 18.3 Å². The molecule has 0 radical (unpaired) electrons. The van der Waals surface area contributed by atoms with Crippen LogP contribution in [0.2, 0.25) is 0 Å². The molecule has 0 saturated carbocycles. The van der Waals surface area contributed by atoms with Crippen LogP contribution in [0.5, 0.6) is 0 Å². The van der Waals surface area contributed by atoms with E-state index in [0.29, 0.717) is 12.1 Å². The van der Waals surface area contributed by atoms with Gasteiger partial charge in [0.25, 0.3) is 5.91 Å². The number of aliphatic hydroxyl groups excluding tert-OH is 1. The van der Waals surface area contributed by atoms with E-state index in [1.165, 1.54) is 0 Å². The van der Waals surface area contributed by atoms with E-state index in [1.54, 1.807) is 12.3 Å². The van der Waals surface area contributed by atoms with Gasteiger partial charge in [0.15, 0.2) is 0 Å². The summed E-state index contributed by atoms with van der Waals surface area (Å²) in [7, 11) is 0. The molecule has 4 nitrogen and oxygen atoms in total. The third-order valence-electron chi connectivity index (χ3n) is 3.31. The number of aryl methyl sites for hydroxylation is 1. The molecular weight excluding hydrogens is 240 g/mol. The second-order valence-electron chi connectivity index (χ2n) is 6.05. The Bertz CT molecular complexity index is 424. The SMILES string of the molecule is Cc1ccc(C(=O)NCC(C)(C)C(O)C(C)C)cn1. The Morgan fingerprint density at radius 2 is 2.05 bits per heavy atom. The summed E-state index contributed by atoms with van der Waals surface area (Å²) in [6.07, 6.45) is 1.11. The highest BCUT2D eigenvalue weighted by molar-refractivity contribution is 5.93. The molecule has 1 heterocycles. The minimum absolute atomic E-state index is 0.156. The summed E-state index contributed by atoms with van der Waals surface area (Å²) in [6.45, 7) is 10.1. The number of pyridine rings is 1. The van der Waals surface area contributed by atoms with E-state index < -0.39 is 6.10 Å². The highest BCUT2D eigenvalue weighted by Gasteiger charge is 2.30. The van der Waals surface area contributed by atoms with Crippen LogP contribution in [0.25, 0.3) is 0 Å². The van der Waals surface area contributed by atoms with Crippen LogP contribution in [-0.4, -0.2) is 28.6 Å². The standard InChI is InChI=1S/C15H24N2O2/c1-10(2)13(18)15(4,5)9-17-14(19)12-7-6-11(3)16-8-12/h6-8,10,13,18H,9H2,1-5H3,(H,17,19). The predicted molar refractivity (Wildman–Crippen MR) is 75.9 cm³/mol. The zero-order valence-corrected chi connectivity index (χ0v) is 12.4. The fourth-order valence-corrected chi connectivity index (χ4v) is 2.02. The van der Waals surface area contributed by atoms with E-state index in [1.807, 2.05) is 40.7 Å². The summed E-state index contributed by atoms with van der Waals surface area (Å²) in [5.41, 5.74) is 1.06. The van der Waals surface area contributed by atoms with Gasteiger partial charge >= 0.3 is 0 Å². The van der Waals surface area contributed by atoms with Gasteiger partial charge in [0.1, 0.15) is 0 Å². The van der Waals surface area contributed by atoms with E-state index >= 15 is 0 Å². The van der Waals surface area contributed by atoms with Gasteiger partial charge < -0.3 is 10.4 Å². The predicted octanol–water partition coefficient (Wildman–Crippen LogP) is 2.16. The number of carbonyl (C=O) groups is 1. The van der Waals surface area contributed by atoms with Gasteiger partial charge in [-0.15, -0.1) is 0 Å². The van der Waals surface area contributed by atoms with E-state index in [2.05, 4.69) is 10.3 Å². The zero-order valence-electron chi connectivity index (χ0n) is 12.4. The number of aliphatic hydroxyl groups is 1. The van der Waals surface area contributed by atoms with Crippen LogP contribution < -0.4 is 5.32 Å². The van der Waals surface area contributed by atoms with Crippen LogP contribution >= 0.6 is 0 Å². The molecule has 0 bridgehead atoms. The lowest BCUT2D eigenvalue weighted by molar-refractivity contribution is 0.0138. The molecule has 1 rings (SSSR count). The van der Waals surface area contributed by atoms with E-state index in [9.17, 15) is 9.90 Å². The molecule has 0 saturated heterocycles. The second-order valence-corrected chi connectivity index (χ2v) is 6.05. The van der Waals surface area contributed by atoms with Crippen molar-refractivity contribution in [2.45, 2.75) is 40.7 Å². The van der Waals surface area contributed by atoms with Crippen molar-refractivity contribution in [3.8, 4) is 0 Å². The lowest BCUT2D eigenvalue weighted by Gasteiger charge is -2.33. The first kappa shape index (κ1) is 15.6. The van der Waals surface area contributed by atoms with Crippen LogP contribution in [0.15, 0.2) is 18.3 Å². The largest absolute Gasteiger partial charge is 0.392 e. The number of nitrogens with zero attached hydrogens (tertiary/aromatic N) is 1. The monoisotopic (exact) mass is 264 g/mol. The van der Waals surface area contributed by atoms with Crippen molar-refractivity contribution < 1.29 is 9.90 Å². The number of carbonyl (C=O) groups excluding carboxylic acids is 1. The average molecular weight is 264 g/mol. The van der Waals surface area contributed by atoms with Gasteiger partial charge in [-0.25, -0.2) is 0 Å². The first-order valence-electron chi connectivity index (χ1n) is 6.63. The third-order valence-corrected chi connectivity index (χ3v) is 3.31. The van der Waals surface area contributed by atoms with E-state index in [-0.39, 0.29) is 17.2 Å². The maximum atomic E-state index is 12.0. The molecule has 4 heteroatoms. The molecule has 0 fully saturated rings. The van der Waals surface area contributed by atoms with Crippen molar-refractivity contribution in [1.82, 2.24) is 10.3 Å². The Balaban J connectivity index is 2.61. The number of rotatable bonds is 5. The van der Waals surface area contributed by atoms with Crippen LogP contribution in [0.1, 0.15) is 43.7 Å². The third kappa shape index (κ3) is 4.31. The van der Waals surface area contributed by atoms with E-state index in [4.69, 9.17) is 0 Å². The number of amides is 1. The molecule has 1 amide bonds. The normalized spacial score (nSPS) is 13.4. The number of hydrogen-bond acceptors (Lipinski definition) is 3. The molecule has 0 spiro atoms. The molecule has 1 unspecified atom stereocenters. The van der Waals surface area contributed by atoms with Crippen molar-refractivity contribution in [3.63, 3.8) is 0 Å². The molecule has 19 heavy (non-hydrogen) atoms. The van der Waals surface area contributed by atoms with Gasteiger partial charge in [0, 0.05) is 23.9 Å². The smallest absolute Gasteiger partial charge is 0.252 e. The summed E-state index contributed by atoms with van der Waals surface area (Å²) in [4.78, 5) is 16.1. The van der Waals surface area contributed by atoms with Crippen LogP contribution in [0.3, 0.4) is 0 Å². The molecular formula is C15H24N2O2. The highest BCUT2D eigenvalue weighted by Crippen LogP contribution is 2.25. The topological polar surface area (TPSA) is 62.2 Å². The fourth-order valence-electron chi connectivity index (χ4n) is 2.02. The quantitative estimate of drug-likeness (QED) is 0.856. The van der Waals surface area contributed by atoms with E-state index in [0.717, 1.165) is 5.69 Å². The number of hydrogen-bond donors (Lipinski definition) is 2. The minimum atomic E-state index is -0.455. The van der Waals surface area contributed by atoms with Gasteiger partial charge in [0.2, 0.25) is 0 Å². The van der Waals surface area contributed by atoms with Gasteiger partial charge in [0.05, 0.1) is 11.7 Å². The Kier molecular flexibility index (Phi) is 5.06. The van der Waals surface area contributed by atoms with Crippen molar-refractivity contribution in [3.05, 3.63) is 29.6 Å². The highest BCUT2D eigenvalue weighted by atomic mass is 16.3. The Morgan fingerprint density at radius 1 is 1.42 bits per heavy atom. The number of nitrogens with one attached hydrogen (secondary N) is 1. The van der Waals surface area contributed by atoms with Crippen molar-refractivity contribution in [2.24, 2.45) is 11.3 Å². The van der Waals surface area contributed by atoms with Gasteiger partial charge in [-0.1, -0.05) is 27.7 Å². The maximum absolute atomic E-state index is 12.0. The molecule has 0 aliphatic carbocycles. The molecule has 0 aromatic carbocycles. The summed E-state index contributed by atoms with van der Waals surface area (Å²) in [5, 5.41) is 13.0. The fraction of sp³-hybridized carbons (Fsp3) is 0.600. The van der Waals surface area contributed by atoms with Crippen molar-refractivity contribution >= 4 is 5.91 Å². The summed E-state index contributed by atoms with van der Waals surface area (Å²) in [6, 6.07) is 3.56. The van der Waals surface area contributed by atoms with Crippen LogP contribution in [-0.2, 0) is 0 Å². The Labute approximate surface area is 115 Å². The minimum Gasteiger partial charge on any atom is -0.392 e. The summed E-state index contributed by atoms with van der Waals surface area (Å²) >= 11 is 0. The molecule has 1 aromatic rings.